The third kappa shape index (κ3) is 6.14. The van der Waals surface area contributed by atoms with E-state index in [-0.39, 0.29) is 0 Å². The normalized spacial score (nSPS) is 10.8. The van der Waals surface area contributed by atoms with Gasteiger partial charge in [-0.05, 0) is 22.3 Å². The maximum absolute atomic E-state index is 5.55. The first-order chi connectivity index (χ1) is 10.8. The molecule has 4 heteroatoms. The largest absolute Gasteiger partial charge is 0.376 e. The molecule has 2 rings (SSSR count). The van der Waals surface area contributed by atoms with Gasteiger partial charge in [-0.2, -0.15) is 0 Å². The van der Waals surface area contributed by atoms with Crippen LogP contribution in [0.15, 0.2) is 48.5 Å². The van der Waals surface area contributed by atoms with Crippen LogP contribution in [0.2, 0.25) is 0 Å². The van der Waals surface area contributed by atoms with Gasteiger partial charge >= 0.3 is 0 Å². The van der Waals surface area contributed by atoms with Gasteiger partial charge in [0.2, 0.25) is 0 Å². The average molecular weight is 522 g/mol. The number of rotatable bonds is 9. The molecule has 2 nitrogen and oxygen atoms in total. The number of alkyl halides is 2. The van der Waals surface area contributed by atoms with Crippen molar-refractivity contribution < 1.29 is 9.47 Å². The lowest BCUT2D eigenvalue weighted by atomic mass is 10.0. The summed E-state index contributed by atoms with van der Waals surface area (Å²) in [7, 11) is 0. The van der Waals surface area contributed by atoms with Crippen LogP contribution in [-0.4, -0.2) is 22.1 Å². The Labute approximate surface area is 159 Å². The van der Waals surface area contributed by atoms with Crippen molar-refractivity contribution in [3.63, 3.8) is 0 Å². The Morgan fingerprint density at radius 2 is 0.955 bits per heavy atom. The first kappa shape index (κ1) is 18.2. The minimum atomic E-state index is 0.691. The average Bonchev–Trinajstić information content (AvgIpc) is 2.57. The summed E-state index contributed by atoms with van der Waals surface area (Å²) in [6.45, 7) is 3.00. The quantitative estimate of drug-likeness (QED) is 0.255. The second-order valence-electron chi connectivity index (χ2n) is 4.88. The molecule has 0 radical (unpaired) electrons. The predicted molar refractivity (Wildman–Crippen MR) is 109 cm³/mol. The Hall–Kier alpha value is -0.180. The SMILES string of the molecule is ICCOCc1ccc(-c2ccc(COCCI)cc2)cc1. The number of hydrogen-bond donors (Lipinski definition) is 0. The smallest absolute Gasteiger partial charge is 0.0717 e. The maximum Gasteiger partial charge on any atom is 0.0717 e. The molecule has 0 aliphatic carbocycles. The van der Waals surface area contributed by atoms with Crippen LogP contribution in [-0.2, 0) is 22.7 Å². The summed E-state index contributed by atoms with van der Waals surface area (Å²) in [5.74, 6) is 0. The van der Waals surface area contributed by atoms with E-state index in [0.717, 1.165) is 22.1 Å². The van der Waals surface area contributed by atoms with Crippen molar-refractivity contribution >= 4 is 45.2 Å². The van der Waals surface area contributed by atoms with E-state index >= 15 is 0 Å². The van der Waals surface area contributed by atoms with Gasteiger partial charge in [0.05, 0.1) is 26.4 Å². The summed E-state index contributed by atoms with van der Waals surface area (Å²) in [6, 6.07) is 17.2. The molecule has 0 unspecified atom stereocenters. The lowest BCUT2D eigenvalue weighted by Crippen LogP contribution is -1.96. The Morgan fingerprint density at radius 3 is 1.27 bits per heavy atom. The van der Waals surface area contributed by atoms with Crippen molar-refractivity contribution in [1.29, 1.82) is 0 Å². The van der Waals surface area contributed by atoms with Crippen molar-refractivity contribution in [3.05, 3.63) is 59.7 Å². The van der Waals surface area contributed by atoms with Gasteiger partial charge in [-0.3, -0.25) is 0 Å². The molecule has 118 valence electrons. The monoisotopic (exact) mass is 522 g/mol. The van der Waals surface area contributed by atoms with E-state index < -0.39 is 0 Å². The summed E-state index contributed by atoms with van der Waals surface area (Å²) in [4.78, 5) is 0. The van der Waals surface area contributed by atoms with E-state index in [9.17, 15) is 0 Å². The molecule has 0 bridgehead atoms. The van der Waals surface area contributed by atoms with Crippen molar-refractivity contribution in [3.8, 4) is 11.1 Å². The molecule has 22 heavy (non-hydrogen) atoms. The fourth-order valence-corrected chi connectivity index (χ4v) is 2.70. The van der Waals surface area contributed by atoms with E-state index in [1.807, 2.05) is 0 Å². The van der Waals surface area contributed by atoms with E-state index in [1.54, 1.807) is 0 Å². The molecule has 0 saturated heterocycles. The Bertz CT molecular complexity index is 487. The second-order valence-corrected chi connectivity index (χ2v) is 7.03. The van der Waals surface area contributed by atoms with Crippen LogP contribution < -0.4 is 0 Å². The van der Waals surface area contributed by atoms with Crippen LogP contribution in [0, 0.1) is 0 Å². The Morgan fingerprint density at radius 1 is 0.591 bits per heavy atom. The standard InChI is InChI=1S/C18H20I2O2/c19-9-11-21-13-15-1-5-17(6-2-15)18-7-3-16(4-8-18)14-22-12-10-20/h1-8H,9-14H2. The molecule has 0 heterocycles. The second kappa shape index (κ2) is 10.6. The highest BCUT2D eigenvalue weighted by Crippen LogP contribution is 2.21. The van der Waals surface area contributed by atoms with Gasteiger partial charge in [0.25, 0.3) is 0 Å². The number of halogens is 2. The van der Waals surface area contributed by atoms with Gasteiger partial charge in [0.15, 0.2) is 0 Å². The van der Waals surface area contributed by atoms with Crippen LogP contribution in [0.1, 0.15) is 11.1 Å². The number of ether oxygens (including phenoxy) is 2. The van der Waals surface area contributed by atoms with Crippen molar-refractivity contribution in [2.45, 2.75) is 13.2 Å². The molecular weight excluding hydrogens is 502 g/mol. The van der Waals surface area contributed by atoms with Crippen LogP contribution in [0.3, 0.4) is 0 Å². The summed E-state index contributed by atoms with van der Waals surface area (Å²) < 4.78 is 13.2. The zero-order valence-corrected chi connectivity index (χ0v) is 16.7. The maximum atomic E-state index is 5.55. The van der Waals surface area contributed by atoms with E-state index in [2.05, 4.69) is 93.7 Å². The van der Waals surface area contributed by atoms with Gasteiger partial charge in [-0.15, -0.1) is 0 Å². The highest BCUT2D eigenvalue weighted by Gasteiger charge is 2.00. The highest BCUT2D eigenvalue weighted by atomic mass is 127. The van der Waals surface area contributed by atoms with Gasteiger partial charge in [0.1, 0.15) is 0 Å². The zero-order chi connectivity index (χ0) is 15.6. The molecule has 0 N–H and O–H groups in total. The van der Waals surface area contributed by atoms with Gasteiger partial charge < -0.3 is 9.47 Å². The lowest BCUT2D eigenvalue weighted by Gasteiger charge is -2.07. The predicted octanol–water partition coefficient (Wildman–Crippen LogP) is 5.26. The molecule has 0 spiro atoms. The molecule has 0 aromatic heterocycles. The molecular formula is C18H20I2O2. The van der Waals surface area contributed by atoms with Crippen LogP contribution in [0.5, 0.6) is 0 Å². The molecule has 0 fully saturated rings. The first-order valence-electron chi connectivity index (χ1n) is 7.29. The van der Waals surface area contributed by atoms with Gasteiger partial charge in [-0.25, -0.2) is 0 Å². The molecule has 0 aliphatic rings. The molecule has 0 saturated carbocycles. The van der Waals surface area contributed by atoms with Crippen molar-refractivity contribution in [2.24, 2.45) is 0 Å². The van der Waals surface area contributed by atoms with Crippen molar-refractivity contribution in [2.75, 3.05) is 22.1 Å². The molecule has 2 aromatic rings. The first-order valence-corrected chi connectivity index (χ1v) is 10.3. The number of hydrogen-bond acceptors (Lipinski definition) is 2. The lowest BCUT2D eigenvalue weighted by molar-refractivity contribution is 0.138. The van der Waals surface area contributed by atoms with E-state index in [4.69, 9.17) is 9.47 Å². The van der Waals surface area contributed by atoms with Crippen molar-refractivity contribution in [1.82, 2.24) is 0 Å². The molecule has 0 atom stereocenters. The minimum absolute atomic E-state index is 0.691. The summed E-state index contributed by atoms with van der Waals surface area (Å²) in [6.07, 6.45) is 0. The summed E-state index contributed by atoms with van der Waals surface area (Å²) in [5.41, 5.74) is 4.91. The molecule has 0 amide bonds. The fourth-order valence-electron chi connectivity index (χ4n) is 2.08. The number of benzene rings is 2. The van der Waals surface area contributed by atoms with Crippen LogP contribution in [0.25, 0.3) is 11.1 Å². The Kier molecular flexibility index (Phi) is 8.72. The van der Waals surface area contributed by atoms with E-state index in [0.29, 0.717) is 13.2 Å². The third-order valence-corrected chi connectivity index (χ3v) is 4.10. The molecule has 2 aromatic carbocycles. The van der Waals surface area contributed by atoms with Crippen LogP contribution in [0.4, 0.5) is 0 Å². The van der Waals surface area contributed by atoms with Gasteiger partial charge in [0, 0.05) is 8.86 Å². The van der Waals surface area contributed by atoms with Crippen LogP contribution >= 0.6 is 45.2 Å². The zero-order valence-electron chi connectivity index (χ0n) is 12.4. The summed E-state index contributed by atoms with van der Waals surface area (Å²) in [5, 5.41) is 0. The Balaban J connectivity index is 1.93. The van der Waals surface area contributed by atoms with Gasteiger partial charge in [-0.1, -0.05) is 93.7 Å². The minimum Gasteiger partial charge on any atom is -0.376 e. The third-order valence-electron chi connectivity index (χ3n) is 3.22. The summed E-state index contributed by atoms with van der Waals surface area (Å²) >= 11 is 4.64. The molecule has 0 aliphatic heterocycles. The fraction of sp³-hybridized carbons (Fsp3) is 0.333. The highest BCUT2D eigenvalue weighted by molar-refractivity contribution is 14.1. The van der Waals surface area contributed by atoms with E-state index in [1.165, 1.54) is 22.3 Å². The topological polar surface area (TPSA) is 18.5 Å².